The van der Waals surface area contributed by atoms with Crippen molar-refractivity contribution < 1.29 is 9.53 Å². The Bertz CT molecular complexity index is 612. The molecule has 0 bridgehead atoms. The first-order chi connectivity index (χ1) is 10.2. The fraction of sp³-hybridized carbons (Fsp3) is 0.312. The molecule has 1 aromatic heterocycles. The Kier molecular flexibility index (Phi) is 4.10. The van der Waals surface area contributed by atoms with E-state index < -0.39 is 6.10 Å². The standard InChI is InChI=1S/C16H18N2O2S/c1-18(9-8-12-5-4-10-21-12)16(19)15-11-17-13-6-2-3-7-14(13)20-15/h2-7,10,15,17H,8-9,11H2,1H3. The molecule has 1 unspecified atom stereocenters. The van der Waals surface area contributed by atoms with Crippen molar-refractivity contribution in [2.75, 3.05) is 25.5 Å². The van der Waals surface area contributed by atoms with Gasteiger partial charge in [-0.15, -0.1) is 11.3 Å². The highest BCUT2D eigenvalue weighted by Gasteiger charge is 2.27. The lowest BCUT2D eigenvalue weighted by atomic mass is 10.2. The highest BCUT2D eigenvalue weighted by atomic mass is 32.1. The van der Waals surface area contributed by atoms with Crippen molar-refractivity contribution in [3.8, 4) is 5.75 Å². The van der Waals surface area contributed by atoms with E-state index in [4.69, 9.17) is 4.74 Å². The monoisotopic (exact) mass is 302 g/mol. The summed E-state index contributed by atoms with van der Waals surface area (Å²) in [6.07, 6.45) is 0.435. The van der Waals surface area contributed by atoms with Gasteiger partial charge in [0.05, 0.1) is 12.2 Å². The Hall–Kier alpha value is -2.01. The molecule has 1 aromatic carbocycles. The second-order valence-corrected chi connectivity index (χ2v) is 6.10. The van der Waals surface area contributed by atoms with Crippen molar-refractivity contribution in [2.45, 2.75) is 12.5 Å². The van der Waals surface area contributed by atoms with Gasteiger partial charge in [0.25, 0.3) is 5.91 Å². The predicted molar refractivity (Wildman–Crippen MR) is 85.0 cm³/mol. The lowest BCUT2D eigenvalue weighted by molar-refractivity contribution is -0.136. The number of anilines is 1. The van der Waals surface area contributed by atoms with Gasteiger partial charge in [-0.3, -0.25) is 4.79 Å². The number of rotatable bonds is 4. The minimum absolute atomic E-state index is 0.0218. The molecule has 0 radical (unpaired) electrons. The molecule has 110 valence electrons. The summed E-state index contributed by atoms with van der Waals surface area (Å²) in [4.78, 5) is 15.5. The maximum absolute atomic E-state index is 12.4. The molecule has 0 fully saturated rings. The van der Waals surface area contributed by atoms with Crippen LogP contribution in [0.25, 0.3) is 0 Å². The van der Waals surface area contributed by atoms with Gasteiger partial charge in [0.2, 0.25) is 0 Å². The van der Waals surface area contributed by atoms with E-state index in [2.05, 4.69) is 16.8 Å². The van der Waals surface area contributed by atoms with Crippen molar-refractivity contribution in [3.05, 3.63) is 46.7 Å². The maximum Gasteiger partial charge on any atom is 0.265 e. The van der Waals surface area contributed by atoms with E-state index >= 15 is 0 Å². The maximum atomic E-state index is 12.4. The zero-order valence-corrected chi connectivity index (χ0v) is 12.7. The summed E-state index contributed by atoms with van der Waals surface area (Å²) in [6.45, 7) is 1.22. The van der Waals surface area contributed by atoms with Gasteiger partial charge in [0, 0.05) is 18.5 Å². The van der Waals surface area contributed by atoms with Crippen LogP contribution in [0.3, 0.4) is 0 Å². The number of nitrogens with zero attached hydrogens (tertiary/aromatic N) is 1. The number of benzene rings is 1. The molecule has 0 saturated carbocycles. The predicted octanol–water partition coefficient (Wildman–Crippen LogP) is 2.62. The highest BCUT2D eigenvalue weighted by Crippen LogP contribution is 2.28. The Labute approximate surface area is 128 Å². The van der Waals surface area contributed by atoms with Gasteiger partial charge < -0.3 is 15.0 Å². The summed E-state index contributed by atoms with van der Waals surface area (Å²) in [5.74, 6) is 0.766. The average molecular weight is 302 g/mol. The number of carbonyl (C=O) groups is 1. The van der Waals surface area contributed by atoms with E-state index in [9.17, 15) is 4.79 Å². The SMILES string of the molecule is CN(CCc1cccs1)C(=O)C1CNc2ccccc2O1. The lowest BCUT2D eigenvalue weighted by Gasteiger charge is -2.29. The molecule has 2 aromatic rings. The number of ether oxygens (including phenoxy) is 1. The van der Waals surface area contributed by atoms with Crippen molar-refractivity contribution in [3.63, 3.8) is 0 Å². The number of thiophene rings is 1. The molecule has 0 aliphatic carbocycles. The molecule has 2 heterocycles. The van der Waals surface area contributed by atoms with Crippen molar-refractivity contribution in [2.24, 2.45) is 0 Å². The third-order valence-electron chi connectivity index (χ3n) is 3.56. The number of hydrogen-bond acceptors (Lipinski definition) is 4. The van der Waals surface area contributed by atoms with E-state index in [1.807, 2.05) is 37.4 Å². The smallest absolute Gasteiger partial charge is 0.265 e. The summed E-state index contributed by atoms with van der Waals surface area (Å²) < 4.78 is 5.80. The van der Waals surface area contributed by atoms with Crippen molar-refractivity contribution in [1.82, 2.24) is 4.90 Å². The van der Waals surface area contributed by atoms with E-state index in [-0.39, 0.29) is 5.91 Å². The number of likely N-dealkylation sites (N-methyl/N-ethyl adjacent to an activating group) is 1. The molecule has 0 spiro atoms. The molecular weight excluding hydrogens is 284 g/mol. The van der Waals surface area contributed by atoms with Crippen LogP contribution in [-0.2, 0) is 11.2 Å². The van der Waals surface area contributed by atoms with Crippen LogP contribution in [0.1, 0.15) is 4.88 Å². The van der Waals surface area contributed by atoms with Gasteiger partial charge in [-0.25, -0.2) is 0 Å². The fourth-order valence-corrected chi connectivity index (χ4v) is 3.04. The quantitative estimate of drug-likeness (QED) is 0.944. The zero-order valence-electron chi connectivity index (χ0n) is 11.9. The first kappa shape index (κ1) is 13.9. The van der Waals surface area contributed by atoms with Crippen LogP contribution >= 0.6 is 11.3 Å². The molecule has 1 N–H and O–H groups in total. The molecule has 1 atom stereocenters. The van der Waals surface area contributed by atoms with Gasteiger partial charge in [-0.05, 0) is 30.0 Å². The van der Waals surface area contributed by atoms with Crippen molar-refractivity contribution in [1.29, 1.82) is 0 Å². The Morgan fingerprint density at radius 3 is 3.05 bits per heavy atom. The van der Waals surface area contributed by atoms with Gasteiger partial charge in [-0.2, -0.15) is 0 Å². The zero-order chi connectivity index (χ0) is 14.7. The van der Waals surface area contributed by atoms with Gasteiger partial charge in [0.15, 0.2) is 6.10 Å². The Morgan fingerprint density at radius 2 is 2.24 bits per heavy atom. The van der Waals surface area contributed by atoms with Crippen LogP contribution in [0, 0.1) is 0 Å². The third kappa shape index (κ3) is 3.19. The molecule has 1 aliphatic rings. The van der Waals surface area contributed by atoms with E-state index in [1.54, 1.807) is 16.2 Å². The van der Waals surface area contributed by atoms with Crippen LogP contribution in [0.15, 0.2) is 41.8 Å². The number of hydrogen-bond donors (Lipinski definition) is 1. The molecule has 5 heteroatoms. The lowest BCUT2D eigenvalue weighted by Crippen LogP contribution is -2.46. The molecule has 4 nitrogen and oxygen atoms in total. The first-order valence-electron chi connectivity index (χ1n) is 7.01. The Balaban J connectivity index is 1.58. The van der Waals surface area contributed by atoms with E-state index in [0.29, 0.717) is 13.1 Å². The number of amides is 1. The van der Waals surface area contributed by atoms with Crippen LogP contribution < -0.4 is 10.1 Å². The van der Waals surface area contributed by atoms with Gasteiger partial charge in [0.1, 0.15) is 5.75 Å². The molecule has 1 amide bonds. The normalized spacial score (nSPS) is 16.5. The molecular formula is C16H18N2O2S. The van der Waals surface area contributed by atoms with Gasteiger partial charge in [-0.1, -0.05) is 18.2 Å². The molecule has 1 aliphatic heterocycles. The Morgan fingerprint density at radius 1 is 1.38 bits per heavy atom. The third-order valence-corrected chi connectivity index (χ3v) is 4.50. The van der Waals surface area contributed by atoms with Crippen LogP contribution in [-0.4, -0.2) is 37.0 Å². The topological polar surface area (TPSA) is 41.6 Å². The summed E-state index contributed by atoms with van der Waals surface area (Å²) in [5.41, 5.74) is 0.947. The molecule has 3 rings (SSSR count). The summed E-state index contributed by atoms with van der Waals surface area (Å²) in [5, 5.41) is 5.31. The molecule has 0 saturated heterocycles. The second kappa shape index (κ2) is 6.18. The average Bonchev–Trinajstić information content (AvgIpc) is 3.05. The summed E-state index contributed by atoms with van der Waals surface area (Å²) in [7, 11) is 1.83. The second-order valence-electron chi connectivity index (χ2n) is 5.07. The minimum atomic E-state index is -0.451. The number of para-hydroxylation sites is 2. The largest absolute Gasteiger partial charge is 0.477 e. The van der Waals surface area contributed by atoms with Crippen molar-refractivity contribution >= 4 is 22.9 Å². The minimum Gasteiger partial charge on any atom is -0.477 e. The number of carbonyl (C=O) groups excluding carboxylic acids is 1. The van der Waals surface area contributed by atoms with E-state index in [0.717, 1.165) is 17.9 Å². The van der Waals surface area contributed by atoms with Crippen LogP contribution in [0.2, 0.25) is 0 Å². The first-order valence-corrected chi connectivity index (χ1v) is 7.89. The molecule has 21 heavy (non-hydrogen) atoms. The number of fused-ring (bicyclic) bond motifs is 1. The summed E-state index contributed by atoms with van der Waals surface area (Å²) >= 11 is 1.72. The van der Waals surface area contributed by atoms with Gasteiger partial charge >= 0.3 is 0 Å². The highest BCUT2D eigenvalue weighted by molar-refractivity contribution is 7.09. The van der Waals surface area contributed by atoms with E-state index in [1.165, 1.54) is 4.88 Å². The van der Waals surface area contributed by atoms with Crippen LogP contribution in [0.5, 0.6) is 5.75 Å². The number of nitrogens with one attached hydrogen (secondary N) is 1. The fourth-order valence-electron chi connectivity index (χ4n) is 2.34. The van der Waals surface area contributed by atoms with Crippen LogP contribution in [0.4, 0.5) is 5.69 Å². The summed E-state index contributed by atoms with van der Waals surface area (Å²) in [6, 6.07) is 11.8.